The summed E-state index contributed by atoms with van der Waals surface area (Å²) < 4.78 is 102. The number of hydrogen-bond acceptors (Lipinski definition) is 4. The number of thiol groups is 1. The molecule has 0 spiro atoms. The van der Waals surface area contributed by atoms with E-state index < -0.39 is 52.7 Å². The van der Waals surface area contributed by atoms with Crippen LogP contribution < -0.4 is 9.47 Å². The Balaban J connectivity index is 2.92. The van der Waals surface area contributed by atoms with Crippen LogP contribution in [0.25, 0.3) is 0 Å². The van der Waals surface area contributed by atoms with E-state index in [0.29, 0.717) is 6.07 Å². The van der Waals surface area contributed by atoms with Crippen LogP contribution in [0.4, 0.5) is 26.3 Å². The molecule has 0 saturated heterocycles. The van der Waals surface area contributed by atoms with Gasteiger partial charge in [0.2, 0.25) is 0 Å². The molecule has 1 aromatic rings. The van der Waals surface area contributed by atoms with Gasteiger partial charge in [-0.15, -0.1) is 0 Å². The molecule has 0 unspecified atom stereocenters. The molecule has 0 aliphatic rings. The van der Waals surface area contributed by atoms with Crippen molar-refractivity contribution in [2.45, 2.75) is 17.2 Å². The highest BCUT2D eigenvalue weighted by atomic mass is 32.2. The van der Waals surface area contributed by atoms with E-state index in [0.717, 1.165) is 12.1 Å². The standard InChI is InChI=1S/C10H8F6O4S/c11-9(12,13)4-19-6-1-2-7(8(3-6)21(17)18)20-5-10(14,15)16/h1-3,21H,4-5H2. The summed E-state index contributed by atoms with van der Waals surface area (Å²) in [5.41, 5.74) is 0. The second-order valence-corrected chi connectivity index (χ2v) is 4.69. The molecule has 0 saturated carbocycles. The summed E-state index contributed by atoms with van der Waals surface area (Å²) in [6, 6.07) is 2.32. The monoisotopic (exact) mass is 338 g/mol. The number of hydrogen-bond donors (Lipinski definition) is 1. The highest BCUT2D eigenvalue weighted by molar-refractivity contribution is 7.72. The molecule has 1 rings (SSSR count). The Labute approximate surface area is 116 Å². The molecule has 0 aliphatic carbocycles. The van der Waals surface area contributed by atoms with Gasteiger partial charge >= 0.3 is 12.4 Å². The zero-order chi connectivity index (χ0) is 16.3. The van der Waals surface area contributed by atoms with Crippen LogP contribution in [0.15, 0.2) is 23.1 Å². The highest BCUT2D eigenvalue weighted by Crippen LogP contribution is 2.28. The summed E-state index contributed by atoms with van der Waals surface area (Å²) in [6.07, 6.45) is -9.32. The maximum atomic E-state index is 12.0. The van der Waals surface area contributed by atoms with E-state index in [9.17, 15) is 34.8 Å². The van der Waals surface area contributed by atoms with Crippen molar-refractivity contribution in [3.63, 3.8) is 0 Å². The molecule has 4 nitrogen and oxygen atoms in total. The minimum atomic E-state index is -4.68. The fraction of sp³-hybridized carbons (Fsp3) is 0.400. The molecule has 0 aliphatic heterocycles. The summed E-state index contributed by atoms with van der Waals surface area (Å²) >= 11 is 0. The lowest BCUT2D eigenvalue weighted by Gasteiger charge is -2.13. The van der Waals surface area contributed by atoms with E-state index in [1.165, 1.54) is 0 Å². The molecule has 120 valence electrons. The number of ether oxygens (including phenoxy) is 2. The second kappa shape index (κ2) is 6.41. The van der Waals surface area contributed by atoms with Crippen LogP contribution >= 0.6 is 0 Å². The smallest absolute Gasteiger partial charge is 0.422 e. The molecule has 0 aromatic heterocycles. The fourth-order valence-corrected chi connectivity index (χ4v) is 1.73. The summed E-state index contributed by atoms with van der Waals surface area (Å²) in [5, 5.41) is 0. The lowest BCUT2D eigenvalue weighted by Crippen LogP contribution is -2.20. The Morgan fingerprint density at radius 2 is 1.43 bits per heavy atom. The maximum Gasteiger partial charge on any atom is 0.422 e. The summed E-state index contributed by atoms with van der Waals surface area (Å²) in [5.74, 6) is -1.08. The maximum absolute atomic E-state index is 12.0. The van der Waals surface area contributed by atoms with Crippen molar-refractivity contribution in [3.05, 3.63) is 18.2 Å². The van der Waals surface area contributed by atoms with Crippen LogP contribution in [-0.4, -0.2) is 34.0 Å². The Hall–Kier alpha value is -1.65. The van der Waals surface area contributed by atoms with Crippen molar-refractivity contribution < 1.29 is 44.2 Å². The van der Waals surface area contributed by atoms with Gasteiger partial charge in [-0.3, -0.25) is 0 Å². The summed E-state index contributed by atoms with van der Waals surface area (Å²) in [6.45, 7) is -3.39. The molecular formula is C10H8F6O4S. The fourth-order valence-electron chi connectivity index (χ4n) is 1.18. The van der Waals surface area contributed by atoms with Gasteiger partial charge in [0, 0.05) is 6.07 Å². The third kappa shape index (κ3) is 6.56. The molecule has 0 fully saturated rings. The highest BCUT2D eigenvalue weighted by Gasteiger charge is 2.30. The van der Waals surface area contributed by atoms with Gasteiger partial charge in [-0.25, -0.2) is 8.42 Å². The van der Waals surface area contributed by atoms with E-state index in [1.807, 2.05) is 0 Å². The van der Waals surface area contributed by atoms with Crippen molar-refractivity contribution in [1.82, 2.24) is 0 Å². The van der Waals surface area contributed by atoms with Gasteiger partial charge < -0.3 is 9.47 Å². The zero-order valence-corrected chi connectivity index (χ0v) is 10.9. The van der Waals surface area contributed by atoms with Gasteiger partial charge in [0.25, 0.3) is 0 Å². The van der Waals surface area contributed by atoms with E-state index in [4.69, 9.17) is 0 Å². The molecule has 0 amide bonds. The minimum Gasteiger partial charge on any atom is -0.484 e. The Morgan fingerprint density at radius 1 is 0.905 bits per heavy atom. The van der Waals surface area contributed by atoms with Crippen LogP contribution in [-0.2, 0) is 10.7 Å². The first-order chi connectivity index (χ1) is 9.48. The van der Waals surface area contributed by atoms with E-state index in [2.05, 4.69) is 9.47 Å². The third-order valence-corrected chi connectivity index (χ3v) is 2.66. The zero-order valence-electron chi connectivity index (χ0n) is 9.99. The van der Waals surface area contributed by atoms with Crippen molar-refractivity contribution in [1.29, 1.82) is 0 Å². The van der Waals surface area contributed by atoms with Crippen molar-refractivity contribution >= 4 is 10.7 Å². The van der Waals surface area contributed by atoms with Crippen molar-refractivity contribution in [2.24, 2.45) is 0 Å². The molecule has 0 atom stereocenters. The molecule has 11 heteroatoms. The topological polar surface area (TPSA) is 52.6 Å². The van der Waals surface area contributed by atoms with Gasteiger partial charge in [-0.2, -0.15) is 26.3 Å². The number of rotatable bonds is 5. The normalized spacial score (nSPS) is 12.5. The summed E-state index contributed by atoms with van der Waals surface area (Å²) in [4.78, 5) is -0.700. The van der Waals surface area contributed by atoms with E-state index in [1.54, 1.807) is 0 Å². The van der Waals surface area contributed by atoms with Crippen LogP contribution in [0.3, 0.4) is 0 Å². The van der Waals surface area contributed by atoms with Crippen LogP contribution in [0.1, 0.15) is 0 Å². The number of benzene rings is 1. The minimum absolute atomic E-state index is 0.458. The van der Waals surface area contributed by atoms with Gasteiger partial charge in [0.1, 0.15) is 16.4 Å². The first-order valence-corrected chi connectivity index (χ1v) is 6.33. The van der Waals surface area contributed by atoms with Crippen LogP contribution in [0.2, 0.25) is 0 Å². The molecule has 0 bridgehead atoms. The van der Waals surface area contributed by atoms with E-state index in [-0.39, 0.29) is 0 Å². The quantitative estimate of drug-likeness (QED) is 0.662. The van der Waals surface area contributed by atoms with Gasteiger partial charge in [-0.05, 0) is 12.1 Å². The van der Waals surface area contributed by atoms with Gasteiger partial charge in [0.15, 0.2) is 23.9 Å². The lowest BCUT2D eigenvalue weighted by atomic mass is 10.3. The lowest BCUT2D eigenvalue weighted by molar-refractivity contribution is -0.154. The second-order valence-electron chi connectivity index (χ2n) is 3.69. The Morgan fingerprint density at radius 3 is 1.90 bits per heavy atom. The van der Waals surface area contributed by atoms with E-state index >= 15 is 0 Å². The van der Waals surface area contributed by atoms with Crippen LogP contribution in [0, 0.1) is 0 Å². The average Bonchev–Trinajstić information content (AvgIpc) is 2.32. The average molecular weight is 338 g/mol. The molecule has 21 heavy (non-hydrogen) atoms. The number of alkyl halides is 6. The van der Waals surface area contributed by atoms with Gasteiger partial charge in [0.05, 0.1) is 0 Å². The van der Waals surface area contributed by atoms with Crippen molar-refractivity contribution in [3.8, 4) is 11.5 Å². The van der Waals surface area contributed by atoms with Crippen LogP contribution in [0.5, 0.6) is 11.5 Å². The molecule has 0 heterocycles. The first-order valence-electron chi connectivity index (χ1n) is 5.15. The predicted molar refractivity (Wildman–Crippen MR) is 58.1 cm³/mol. The molecule has 1 aromatic carbocycles. The van der Waals surface area contributed by atoms with Gasteiger partial charge in [-0.1, -0.05) is 0 Å². The van der Waals surface area contributed by atoms with Crippen molar-refractivity contribution in [2.75, 3.05) is 13.2 Å². The molecular weight excluding hydrogens is 330 g/mol. The molecule has 0 radical (unpaired) electrons. The first kappa shape index (κ1) is 17.4. The molecule has 0 N–H and O–H groups in total. The third-order valence-electron chi connectivity index (χ3n) is 1.92. The Kier molecular flexibility index (Phi) is 5.31. The summed E-state index contributed by atoms with van der Waals surface area (Å²) in [7, 11) is -3.37. The largest absolute Gasteiger partial charge is 0.484 e. The number of halogens is 6. The predicted octanol–water partition coefficient (Wildman–Crippen LogP) is 2.54. The SMILES string of the molecule is O=[SH](=O)c1cc(OCC(F)(F)F)ccc1OCC(F)(F)F. The Bertz CT molecular complexity index is 556.